The third-order valence-corrected chi connectivity index (χ3v) is 1.94. The molecule has 1 amide bonds. The molecule has 0 heterocycles. The van der Waals surface area contributed by atoms with Crippen molar-refractivity contribution in [3.05, 3.63) is 0 Å². The molecule has 0 aliphatic rings. The first-order chi connectivity index (χ1) is 8.16. The summed E-state index contributed by atoms with van der Waals surface area (Å²) in [5.74, 6) is 0.497. The second kappa shape index (κ2) is 11.4. The number of rotatable bonds is 10. The number of nitrogens with zero attached hydrogens (tertiary/aromatic N) is 1. The highest BCUT2D eigenvalue weighted by Crippen LogP contribution is 1.92. The summed E-state index contributed by atoms with van der Waals surface area (Å²) in [6.07, 6.45) is 1.26. The van der Waals surface area contributed by atoms with Crippen molar-refractivity contribution >= 4 is 5.91 Å². The summed E-state index contributed by atoms with van der Waals surface area (Å²) in [6, 6.07) is 1.97. The van der Waals surface area contributed by atoms with Crippen molar-refractivity contribution in [2.75, 3.05) is 32.8 Å². The molecule has 5 nitrogen and oxygen atoms in total. The molecule has 0 unspecified atom stereocenters. The molecule has 0 aliphatic heterocycles. The Morgan fingerprint density at radius 1 is 1.41 bits per heavy atom. The van der Waals surface area contributed by atoms with Gasteiger partial charge in [-0.05, 0) is 18.9 Å². The molecule has 5 heteroatoms. The van der Waals surface area contributed by atoms with Gasteiger partial charge in [0.15, 0.2) is 0 Å². The number of carbonyl (C=O) groups is 1. The molecule has 0 aromatic carbocycles. The first-order valence-corrected chi connectivity index (χ1v) is 6.09. The van der Waals surface area contributed by atoms with Gasteiger partial charge in [0.1, 0.15) is 0 Å². The Labute approximate surface area is 104 Å². The van der Waals surface area contributed by atoms with Crippen molar-refractivity contribution < 1.29 is 9.53 Å². The van der Waals surface area contributed by atoms with Gasteiger partial charge in [-0.25, -0.2) is 0 Å². The van der Waals surface area contributed by atoms with Gasteiger partial charge in [-0.15, -0.1) is 0 Å². The molecular formula is C12H23N3O2. The molecule has 0 aromatic rings. The number of hydrogen-bond donors (Lipinski definition) is 2. The lowest BCUT2D eigenvalue weighted by atomic mass is 10.2. The number of amides is 1. The van der Waals surface area contributed by atoms with Crippen LogP contribution < -0.4 is 10.6 Å². The monoisotopic (exact) mass is 241 g/mol. The van der Waals surface area contributed by atoms with Gasteiger partial charge in [0.05, 0.1) is 19.0 Å². The van der Waals surface area contributed by atoms with E-state index in [0.717, 1.165) is 26.2 Å². The zero-order chi connectivity index (χ0) is 12.9. The molecule has 0 saturated heterocycles. The van der Waals surface area contributed by atoms with E-state index in [-0.39, 0.29) is 5.91 Å². The van der Waals surface area contributed by atoms with Crippen LogP contribution in [0.2, 0.25) is 0 Å². The zero-order valence-corrected chi connectivity index (χ0v) is 10.8. The van der Waals surface area contributed by atoms with Crippen LogP contribution in [0.4, 0.5) is 0 Å². The van der Waals surface area contributed by atoms with Gasteiger partial charge < -0.3 is 15.4 Å². The molecule has 2 N–H and O–H groups in total. The molecule has 0 bridgehead atoms. The number of carbonyl (C=O) groups excluding carboxylic acids is 1. The van der Waals surface area contributed by atoms with Crippen molar-refractivity contribution in [3.8, 4) is 6.07 Å². The lowest BCUT2D eigenvalue weighted by Gasteiger charge is -2.07. The molecule has 0 fully saturated rings. The van der Waals surface area contributed by atoms with Crippen LogP contribution >= 0.6 is 0 Å². The van der Waals surface area contributed by atoms with Crippen LogP contribution in [0.25, 0.3) is 0 Å². The summed E-state index contributed by atoms with van der Waals surface area (Å²) in [4.78, 5) is 11.2. The van der Waals surface area contributed by atoms with E-state index in [1.165, 1.54) is 0 Å². The van der Waals surface area contributed by atoms with Crippen LogP contribution in [0.1, 0.15) is 26.7 Å². The van der Waals surface area contributed by atoms with Gasteiger partial charge in [-0.3, -0.25) is 4.79 Å². The van der Waals surface area contributed by atoms with Gasteiger partial charge in [0.25, 0.3) is 0 Å². The first kappa shape index (κ1) is 15.9. The molecule has 0 radical (unpaired) electrons. The molecule has 0 saturated carbocycles. The van der Waals surface area contributed by atoms with E-state index in [4.69, 9.17) is 10.00 Å². The Balaban J connectivity index is 3.17. The van der Waals surface area contributed by atoms with Crippen LogP contribution in [0.3, 0.4) is 0 Å². The zero-order valence-electron chi connectivity index (χ0n) is 10.8. The summed E-state index contributed by atoms with van der Waals surface area (Å²) >= 11 is 0. The van der Waals surface area contributed by atoms with E-state index < -0.39 is 0 Å². The van der Waals surface area contributed by atoms with Crippen LogP contribution in [-0.4, -0.2) is 38.8 Å². The lowest BCUT2D eigenvalue weighted by Crippen LogP contribution is -2.34. The van der Waals surface area contributed by atoms with Gasteiger partial charge in [0, 0.05) is 19.8 Å². The molecular weight excluding hydrogens is 218 g/mol. The van der Waals surface area contributed by atoms with Crippen molar-refractivity contribution in [2.24, 2.45) is 5.92 Å². The Morgan fingerprint density at radius 3 is 2.82 bits per heavy atom. The fourth-order valence-electron chi connectivity index (χ4n) is 1.14. The third kappa shape index (κ3) is 12.8. The molecule has 98 valence electrons. The van der Waals surface area contributed by atoms with Gasteiger partial charge >= 0.3 is 0 Å². The fourth-order valence-corrected chi connectivity index (χ4v) is 1.14. The van der Waals surface area contributed by atoms with Crippen molar-refractivity contribution in [3.63, 3.8) is 0 Å². The Kier molecular flexibility index (Phi) is 10.6. The van der Waals surface area contributed by atoms with Crippen molar-refractivity contribution in [1.82, 2.24) is 10.6 Å². The Hall–Kier alpha value is -1.12. The van der Waals surface area contributed by atoms with Gasteiger partial charge in [-0.2, -0.15) is 5.26 Å². The molecule has 0 rings (SSSR count). The quantitative estimate of drug-likeness (QED) is 0.551. The average Bonchev–Trinajstić information content (AvgIpc) is 2.28. The minimum absolute atomic E-state index is 0.0663. The van der Waals surface area contributed by atoms with Gasteiger partial charge in [-0.1, -0.05) is 13.8 Å². The second-order valence-corrected chi connectivity index (χ2v) is 4.26. The highest BCUT2D eigenvalue weighted by Gasteiger charge is 1.99. The molecule has 0 spiro atoms. The topological polar surface area (TPSA) is 74.2 Å². The smallest absolute Gasteiger partial charge is 0.233 e. The number of nitrogens with one attached hydrogen (secondary N) is 2. The summed E-state index contributed by atoms with van der Waals surface area (Å²) in [6.45, 7) is 7.23. The predicted octanol–water partition coefficient (Wildman–Crippen LogP) is 0.669. The van der Waals surface area contributed by atoms with E-state index in [1.807, 2.05) is 6.07 Å². The predicted molar refractivity (Wildman–Crippen MR) is 66.4 cm³/mol. The average molecular weight is 241 g/mol. The maximum Gasteiger partial charge on any atom is 0.233 e. The Bertz CT molecular complexity index is 236. The van der Waals surface area contributed by atoms with Crippen molar-refractivity contribution in [1.29, 1.82) is 5.26 Å². The lowest BCUT2D eigenvalue weighted by molar-refractivity contribution is -0.120. The Morgan fingerprint density at radius 2 is 2.18 bits per heavy atom. The van der Waals surface area contributed by atoms with Crippen LogP contribution in [-0.2, 0) is 9.53 Å². The molecule has 0 aromatic heterocycles. The highest BCUT2D eigenvalue weighted by molar-refractivity contribution is 5.77. The van der Waals surface area contributed by atoms with E-state index in [1.54, 1.807) is 0 Å². The molecule has 17 heavy (non-hydrogen) atoms. The van der Waals surface area contributed by atoms with Gasteiger partial charge in [0.2, 0.25) is 5.91 Å². The van der Waals surface area contributed by atoms with Crippen LogP contribution in [0, 0.1) is 17.2 Å². The minimum Gasteiger partial charge on any atom is -0.381 e. The SMILES string of the molecule is CC(C)COCCCNCC(=O)NCCC#N. The molecule has 0 aliphatic carbocycles. The molecule has 0 atom stereocenters. The van der Waals surface area contributed by atoms with Crippen LogP contribution in [0.5, 0.6) is 0 Å². The first-order valence-electron chi connectivity index (χ1n) is 6.09. The van der Waals surface area contributed by atoms with E-state index in [0.29, 0.717) is 25.4 Å². The minimum atomic E-state index is -0.0663. The number of nitriles is 1. The summed E-state index contributed by atoms with van der Waals surface area (Å²) < 4.78 is 5.40. The van der Waals surface area contributed by atoms with E-state index >= 15 is 0 Å². The van der Waals surface area contributed by atoms with E-state index in [2.05, 4.69) is 24.5 Å². The number of ether oxygens (including phenoxy) is 1. The second-order valence-electron chi connectivity index (χ2n) is 4.26. The summed E-state index contributed by atoms with van der Waals surface area (Å²) in [5.41, 5.74) is 0. The maximum absolute atomic E-state index is 11.2. The standard InChI is InChI=1S/C12H23N3O2/c1-11(2)10-17-8-4-6-14-9-12(16)15-7-3-5-13/h11,14H,3-4,6-10H2,1-2H3,(H,15,16). The normalized spacial score (nSPS) is 10.2. The van der Waals surface area contributed by atoms with E-state index in [9.17, 15) is 4.79 Å². The van der Waals surface area contributed by atoms with Crippen LogP contribution in [0.15, 0.2) is 0 Å². The fraction of sp³-hybridized carbons (Fsp3) is 0.833. The maximum atomic E-state index is 11.2. The van der Waals surface area contributed by atoms with Crippen molar-refractivity contribution in [2.45, 2.75) is 26.7 Å². The highest BCUT2D eigenvalue weighted by atomic mass is 16.5. The third-order valence-electron chi connectivity index (χ3n) is 1.94. The largest absolute Gasteiger partial charge is 0.381 e. The summed E-state index contributed by atoms with van der Waals surface area (Å²) in [5, 5.41) is 14.0. The number of hydrogen-bond acceptors (Lipinski definition) is 4. The summed E-state index contributed by atoms with van der Waals surface area (Å²) in [7, 11) is 0.